The van der Waals surface area contributed by atoms with Crippen LogP contribution in [0, 0.1) is 17.3 Å². The fourth-order valence-corrected chi connectivity index (χ4v) is 2.88. The van der Waals surface area contributed by atoms with Crippen LogP contribution in [0.5, 0.6) is 0 Å². The second kappa shape index (κ2) is 5.23. The Morgan fingerprint density at radius 3 is 2.56 bits per heavy atom. The van der Waals surface area contributed by atoms with E-state index in [0.717, 1.165) is 13.0 Å². The van der Waals surface area contributed by atoms with Crippen molar-refractivity contribution >= 4 is 5.78 Å². The predicted octanol–water partition coefficient (Wildman–Crippen LogP) is 3.45. The standard InChI is InChI=1S/C16H22O2/c1-12(17)15-9-14(16(15,2)3)11-18-10-13-7-5-4-6-8-13/h4-8,14-15H,9-11H2,1-3H3/t14-,15+/m1/s1. The van der Waals surface area contributed by atoms with Crippen LogP contribution in [-0.2, 0) is 16.1 Å². The molecule has 0 heterocycles. The lowest BCUT2D eigenvalue weighted by molar-refractivity contribution is -0.140. The van der Waals surface area contributed by atoms with Gasteiger partial charge in [-0.3, -0.25) is 4.79 Å². The van der Waals surface area contributed by atoms with Crippen molar-refractivity contribution in [1.82, 2.24) is 0 Å². The zero-order chi connectivity index (χ0) is 13.2. The number of benzene rings is 1. The van der Waals surface area contributed by atoms with Crippen molar-refractivity contribution in [3.8, 4) is 0 Å². The number of hydrogen-bond acceptors (Lipinski definition) is 2. The van der Waals surface area contributed by atoms with Gasteiger partial charge in [0.2, 0.25) is 0 Å². The summed E-state index contributed by atoms with van der Waals surface area (Å²) >= 11 is 0. The second-order valence-corrected chi connectivity index (χ2v) is 5.92. The summed E-state index contributed by atoms with van der Waals surface area (Å²) in [6, 6.07) is 10.2. The van der Waals surface area contributed by atoms with E-state index in [2.05, 4.69) is 26.0 Å². The lowest BCUT2D eigenvalue weighted by Gasteiger charge is -2.51. The van der Waals surface area contributed by atoms with E-state index < -0.39 is 0 Å². The smallest absolute Gasteiger partial charge is 0.133 e. The first kappa shape index (κ1) is 13.3. The molecule has 1 fully saturated rings. The lowest BCUT2D eigenvalue weighted by Crippen LogP contribution is -2.50. The van der Waals surface area contributed by atoms with E-state index in [9.17, 15) is 4.79 Å². The van der Waals surface area contributed by atoms with Crippen LogP contribution in [0.15, 0.2) is 30.3 Å². The van der Waals surface area contributed by atoms with Crippen molar-refractivity contribution in [3.05, 3.63) is 35.9 Å². The zero-order valence-electron chi connectivity index (χ0n) is 11.5. The number of rotatable bonds is 5. The van der Waals surface area contributed by atoms with Gasteiger partial charge in [-0.05, 0) is 30.2 Å². The van der Waals surface area contributed by atoms with E-state index in [0.29, 0.717) is 18.3 Å². The van der Waals surface area contributed by atoms with E-state index in [1.807, 2.05) is 18.2 Å². The highest BCUT2D eigenvalue weighted by Crippen LogP contribution is 2.51. The Bertz CT molecular complexity index is 408. The number of hydrogen-bond donors (Lipinski definition) is 0. The third-order valence-corrected chi connectivity index (χ3v) is 4.39. The Morgan fingerprint density at radius 1 is 1.33 bits per heavy atom. The number of Topliss-reactive ketones (excluding diaryl/α,β-unsaturated/α-hetero) is 1. The Morgan fingerprint density at radius 2 is 2.00 bits per heavy atom. The molecule has 98 valence electrons. The van der Waals surface area contributed by atoms with Gasteiger partial charge in [-0.1, -0.05) is 44.2 Å². The van der Waals surface area contributed by atoms with Gasteiger partial charge in [0.05, 0.1) is 13.2 Å². The topological polar surface area (TPSA) is 26.3 Å². The average Bonchev–Trinajstić information content (AvgIpc) is 2.33. The molecule has 0 unspecified atom stereocenters. The van der Waals surface area contributed by atoms with Crippen LogP contribution in [0.25, 0.3) is 0 Å². The molecule has 0 spiro atoms. The van der Waals surface area contributed by atoms with Crippen molar-refractivity contribution in [2.45, 2.75) is 33.8 Å². The highest BCUT2D eigenvalue weighted by Gasteiger charge is 2.49. The molecule has 1 aliphatic rings. The Kier molecular flexibility index (Phi) is 3.86. The van der Waals surface area contributed by atoms with Crippen molar-refractivity contribution in [3.63, 3.8) is 0 Å². The summed E-state index contributed by atoms with van der Waals surface area (Å²) in [6.07, 6.45) is 0.983. The van der Waals surface area contributed by atoms with Gasteiger partial charge in [-0.25, -0.2) is 0 Å². The molecule has 1 aliphatic carbocycles. The van der Waals surface area contributed by atoms with Crippen LogP contribution >= 0.6 is 0 Å². The molecule has 0 amide bonds. The van der Waals surface area contributed by atoms with Gasteiger partial charge < -0.3 is 4.74 Å². The minimum Gasteiger partial charge on any atom is -0.376 e. The van der Waals surface area contributed by atoms with E-state index in [1.165, 1.54) is 5.56 Å². The van der Waals surface area contributed by atoms with Crippen LogP contribution < -0.4 is 0 Å². The highest BCUT2D eigenvalue weighted by molar-refractivity contribution is 5.80. The van der Waals surface area contributed by atoms with Crippen LogP contribution in [0.1, 0.15) is 32.8 Å². The minimum absolute atomic E-state index is 0.0997. The molecule has 2 rings (SSSR count). The molecule has 2 atom stereocenters. The normalized spacial score (nSPS) is 25.5. The maximum absolute atomic E-state index is 11.4. The highest BCUT2D eigenvalue weighted by atomic mass is 16.5. The third-order valence-electron chi connectivity index (χ3n) is 4.39. The molecule has 0 bridgehead atoms. The quantitative estimate of drug-likeness (QED) is 0.795. The molecule has 2 nitrogen and oxygen atoms in total. The fourth-order valence-electron chi connectivity index (χ4n) is 2.88. The average molecular weight is 246 g/mol. The summed E-state index contributed by atoms with van der Waals surface area (Å²) < 4.78 is 5.78. The SMILES string of the molecule is CC(=O)[C@@H]1C[C@H](COCc2ccccc2)C1(C)C. The number of carbonyl (C=O) groups is 1. The van der Waals surface area contributed by atoms with Crippen molar-refractivity contribution < 1.29 is 9.53 Å². The molecular formula is C16H22O2. The molecule has 0 aromatic heterocycles. The second-order valence-electron chi connectivity index (χ2n) is 5.92. The monoisotopic (exact) mass is 246 g/mol. The van der Waals surface area contributed by atoms with Gasteiger partial charge in [0.1, 0.15) is 5.78 Å². The predicted molar refractivity (Wildman–Crippen MR) is 72.2 cm³/mol. The summed E-state index contributed by atoms with van der Waals surface area (Å²) in [5, 5.41) is 0. The number of ketones is 1. The molecular weight excluding hydrogens is 224 g/mol. The number of carbonyl (C=O) groups excluding carboxylic acids is 1. The summed E-state index contributed by atoms with van der Waals surface area (Å²) in [5.41, 5.74) is 1.31. The molecule has 0 N–H and O–H groups in total. The molecule has 0 aliphatic heterocycles. The van der Waals surface area contributed by atoms with E-state index in [4.69, 9.17) is 4.74 Å². The summed E-state index contributed by atoms with van der Waals surface area (Å²) in [4.78, 5) is 11.4. The van der Waals surface area contributed by atoms with Crippen LogP contribution in [0.2, 0.25) is 0 Å². The van der Waals surface area contributed by atoms with E-state index in [-0.39, 0.29) is 11.3 Å². The number of ether oxygens (including phenoxy) is 1. The third kappa shape index (κ3) is 2.64. The minimum atomic E-state index is 0.0997. The molecule has 2 heteroatoms. The van der Waals surface area contributed by atoms with Crippen molar-refractivity contribution in [1.29, 1.82) is 0 Å². The van der Waals surface area contributed by atoms with Crippen molar-refractivity contribution in [2.24, 2.45) is 17.3 Å². The van der Waals surface area contributed by atoms with E-state index >= 15 is 0 Å². The zero-order valence-corrected chi connectivity index (χ0v) is 11.5. The van der Waals surface area contributed by atoms with Crippen LogP contribution in [0.4, 0.5) is 0 Å². The summed E-state index contributed by atoms with van der Waals surface area (Å²) in [6.45, 7) is 7.48. The van der Waals surface area contributed by atoms with Gasteiger partial charge >= 0.3 is 0 Å². The molecule has 18 heavy (non-hydrogen) atoms. The van der Waals surface area contributed by atoms with Gasteiger partial charge in [-0.15, -0.1) is 0 Å². The van der Waals surface area contributed by atoms with Crippen molar-refractivity contribution in [2.75, 3.05) is 6.61 Å². The Balaban J connectivity index is 1.78. The first-order valence-electron chi connectivity index (χ1n) is 6.64. The van der Waals surface area contributed by atoms with E-state index in [1.54, 1.807) is 6.92 Å². The molecule has 0 radical (unpaired) electrons. The maximum Gasteiger partial charge on any atom is 0.133 e. The Hall–Kier alpha value is -1.15. The molecule has 0 saturated heterocycles. The van der Waals surface area contributed by atoms with Gasteiger partial charge in [-0.2, -0.15) is 0 Å². The lowest BCUT2D eigenvalue weighted by atomic mass is 9.54. The molecule has 1 saturated carbocycles. The summed E-state index contributed by atoms with van der Waals surface area (Å²) in [7, 11) is 0. The van der Waals surface area contributed by atoms with Gasteiger partial charge in [0.25, 0.3) is 0 Å². The first-order valence-corrected chi connectivity index (χ1v) is 6.64. The van der Waals surface area contributed by atoms with Crippen LogP contribution in [-0.4, -0.2) is 12.4 Å². The maximum atomic E-state index is 11.4. The largest absolute Gasteiger partial charge is 0.376 e. The fraction of sp³-hybridized carbons (Fsp3) is 0.562. The van der Waals surface area contributed by atoms with Gasteiger partial charge in [0, 0.05) is 5.92 Å². The summed E-state index contributed by atoms with van der Waals surface area (Å²) in [5.74, 6) is 1.05. The Labute approximate surface area is 109 Å². The van der Waals surface area contributed by atoms with Crippen LogP contribution in [0.3, 0.4) is 0 Å². The first-order chi connectivity index (χ1) is 8.51. The molecule has 1 aromatic carbocycles. The van der Waals surface area contributed by atoms with Gasteiger partial charge in [0.15, 0.2) is 0 Å². The molecule has 1 aromatic rings.